The third kappa shape index (κ3) is 2.84. The minimum absolute atomic E-state index is 0.361. The Kier molecular flexibility index (Phi) is 4.14. The van der Waals surface area contributed by atoms with Crippen molar-refractivity contribution in [2.75, 3.05) is 0 Å². The minimum atomic E-state index is -0.904. The van der Waals surface area contributed by atoms with E-state index in [-0.39, 0.29) is 0 Å². The van der Waals surface area contributed by atoms with E-state index in [0.717, 1.165) is 30.2 Å². The Morgan fingerprint density at radius 3 is 2.87 bits per heavy atom. The van der Waals surface area contributed by atoms with Crippen molar-refractivity contribution in [3.63, 3.8) is 0 Å². The fraction of sp³-hybridized carbons (Fsp3) is 0.353. The molecule has 6 heteroatoms. The largest absolute Gasteiger partial charge is 0.480 e. The molecule has 120 valence electrons. The molecule has 3 rings (SSSR count). The van der Waals surface area contributed by atoms with Crippen molar-refractivity contribution in [2.24, 2.45) is 0 Å². The number of carbonyl (C=O) groups is 1. The number of aryl methyl sites for hydroxylation is 1. The molecule has 1 aromatic carbocycles. The van der Waals surface area contributed by atoms with Crippen molar-refractivity contribution in [2.45, 2.75) is 39.2 Å². The molecule has 3 aromatic rings. The lowest BCUT2D eigenvalue weighted by molar-refractivity contribution is -0.140. The lowest BCUT2D eigenvalue weighted by Gasteiger charge is -2.13. The van der Waals surface area contributed by atoms with Gasteiger partial charge in [0.2, 0.25) is 5.89 Å². The molecule has 0 fully saturated rings. The van der Waals surface area contributed by atoms with Gasteiger partial charge in [0.05, 0.1) is 0 Å². The van der Waals surface area contributed by atoms with Gasteiger partial charge in [-0.1, -0.05) is 31.5 Å². The van der Waals surface area contributed by atoms with Crippen molar-refractivity contribution in [3.8, 4) is 11.6 Å². The molecule has 0 aliphatic heterocycles. The molecule has 1 atom stereocenters. The van der Waals surface area contributed by atoms with Crippen LogP contribution in [0.15, 0.2) is 34.7 Å². The second kappa shape index (κ2) is 6.24. The molecule has 0 saturated carbocycles. The van der Waals surface area contributed by atoms with Crippen LogP contribution in [0.25, 0.3) is 22.5 Å². The zero-order valence-corrected chi connectivity index (χ0v) is 13.2. The van der Waals surface area contributed by atoms with E-state index in [9.17, 15) is 9.90 Å². The summed E-state index contributed by atoms with van der Waals surface area (Å²) in [5.41, 5.74) is 1.47. The van der Waals surface area contributed by atoms with Gasteiger partial charge >= 0.3 is 5.97 Å². The Balaban J connectivity index is 2.11. The number of para-hydroxylation sites is 1. The Labute approximate surface area is 133 Å². The molecular weight excluding hydrogens is 294 g/mol. The number of rotatable bonds is 6. The third-order valence-corrected chi connectivity index (χ3v) is 3.92. The highest BCUT2D eigenvalue weighted by Gasteiger charge is 2.23. The normalized spacial score (nSPS) is 12.6. The fourth-order valence-corrected chi connectivity index (χ4v) is 2.65. The van der Waals surface area contributed by atoms with Crippen LogP contribution in [0.4, 0.5) is 0 Å². The highest BCUT2D eigenvalue weighted by molar-refractivity contribution is 5.88. The van der Waals surface area contributed by atoms with Gasteiger partial charge in [-0.3, -0.25) is 0 Å². The Hall–Kier alpha value is -2.63. The number of carboxylic acids is 1. The summed E-state index contributed by atoms with van der Waals surface area (Å²) in [5, 5.41) is 18.5. The molecule has 2 aromatic heterocycles. The van der Waals surface area contributed by atoms with Crippen molar-refractivity contribution < 1.29 is 14.3 Å². The molecule has 0 aliphatic rings. The molecule has 0 amide bonds. The number of fused-ring (bicyclic) bond motifs is 1. The molecular formula is C17H19N3O3. The molecule has 6 nitrogen and oxygen atoms in total. The van der Waals surface area contributed by atoms with Gasteiger partial charge in [0, 0.05) is 17.3 Å². The molecule has 0 radical (unpaired) electrons. The maximum atomic E-state index is 11.5. The standard InChI is InChI=1S/C17H19N3O3/c1-3-4-9-15-18-19-16(23-15)14-10-12-7-5-6-8-13(12)20(14)11(2)17(21)22/h5-8,10-11H,3-4,9H2,1-2H3,(H,21,22). The molecule has 0 aliphatic carbocycles. The topological polar surface area (TPSA) is 81.2 Å². The summed E-state index contributed by atoms with van der Waals surface area (Å²) in [5.74, 6) is 0.0420. The average molecular weight is 313 g/mol. The maximum Gasteiger partial charge on any atom is 0.326 e. The molecule has 2 heterocycles. The Bertz CT molecular complexity index is 835. The average Bonchev–Trinajstić information content (AvgIpc) is 3.16. The van der Waals surface area contributed by atoms with Gasteiger partial charge in [-0.15, -0.1) is 10.2 Å². The second-order valence-corrected chi connectivity index (χ2v) is 5.58. The van der Waals surface area contributed by atoms with Gasteiger partial charge < -0.3 is 14.1 Å². The molecule has 23 heavy (non-hydrogen) atoms. The van der Waals surface area contributed by atoms with Crippen molar-refractivity contribution >= 4 is 16.9 Å². The van der Waals surface area contributed by atoms with Crippen molar-refractivity contribution in [3.05, 3.63) is 36.2 Å². The van der Waals surface area contributed by atoms with E-state index in [1.165, 1.54) is 0 Å². The van der Waals surface area contributed by atoms with Crippen LogP contribution >= 0.6 is 0 Å². The fourth-order valence-electron chi connectivity index (χ4n) is 2.65. The number of hydrogen-bond donors (Lipinski definition) is 1. The van der Waals surface area contributed by atoms with Crippen LogP contribution in [-0.2, 0) is 11.2 Å². The summed E-state index contributed by atoms with van der Waals surface area (Å²) in [6, 6.07) is 8.81. The smallest absolute Gasteiger partial charge is 0.326 e. The number of carboxylic acid groups (broad SMARTS) is 1. The van der Waals surface area contributed by atoms with E-state index < -0.39 is 12.0 Å². The van der Waals surface area contributed by atoms with Gasteiger partial charge in [0.25, 0.3) is 5.89 Å². The summed E-state index contributed by atoms with van der Waals surface area (Å²) in [7, 11) is 0. The van der Waals surface area contributed by atoms with Crippen LogP contribution in [0, 0.1) is 0 Å². The lowest BCUT2D eigenvalue weighted by atomic mass is 10.2. The summed E-state index contributed by atoms with van der Waals surface area (Å²) >= 11 is 0. The van der Waals surface area contributed by atoms with Gasteiger partial charge in [-0.05, 0) is 25.5 Å². The third-order valence-electron chi connectivity index (χ3n) is 3.92. The Morgan fingerprint density at radius 2 is 2.13 bits per heavy atom. The second-order valence-electron chi connectivity index (χ2n) is 5.58. The quantitative estimate of drug-likeness (QED) is 0.750. The lowest BCUT2D eigenvalue weighted by Crippen LogP contribution is -2.16. The van der Waals surface area contributed by atoms with Crippen LogP contribution in [0.3, 0.4) is 0 Å². The molecule has 0 bridgehead atoms. The van der Waals surface area contributed by atoms with Crippen LogP contribution in [-0.4, -0.2) is 25.8 Å². The SMILES string of the molecule is CCCCc1nnc(-c2cc3ccccc3n2C(C)C(=O)O)o1. The summed E-state index contributed by atoms with van der Waals surface area (Å²) < 4.78 is 7.47. The van der Waals surface area contributed by atoms with Gasteiger partial charge in [0.15, 0.2) is 0 Å². The van der Waals surface area contributed by atoms with E-state index in [0.29, 0.717) is 17.5 Å². The molecule has 1 N–H and O–H groups in total. The highest BCUT2D eigenvalue weighted by Crippen LogP contribution is 2.31. The maximum absolute atomic E-state index is 11.5. The van der Waals surface area contributed by atoms with E-state index in [2.05, 4.69) is 17.1 Å². The van der Waals surface area contributed by atoms with E-state index in [1.54, 1.807) is 11.5 Å². The predicted molar refractivity (Wildman–Crippen MR) is 86.2 cm³/mol. The highest BCUT2D eigenvalue weighted by atomic mass is 16.4. The van der Waals surface area contributed by atoms with Gasteiger partial charge in [-0.2, -0.15) is 0 Å². The summed E-state index contributed by atoms with van der Waals surface area (Å²) in [6.07, 6.45) is 2.77. The summed E-state index contributed by atoms with van der Waals surface area (Å²) in [4.78, 5) is 11.5. The zero-order valence-electron chi connectivity index (χ0n) is 13.2. The first-order valence-electron chi connectivity index (χ1n) is 7.77. The van der Waals surface area contributed by atoms with E-state index in [1.807, 2.05) is 30.3 Å². The first kappa shape index (κ1) is 15.3. The van der Waals surface area contributed by atoms with E-state index >= 15 is 0 Å². The number of benzene rings is 1. The number of nitrogens with zero attached hydrogens (tertiary/aromatic N) is 3. The summed E-state index contributed by atoms with van der Waals surface area (Å²) in [6.45, 7) is 3.75. The number of aromatic nitrogens is 3. The van der Waals surface area contributed by atoms with Gasteiger partial charge in [-0.25, -0.2) is 4.79 Å². The van der Waals surface area contributed by atoms with Crippen LogP contribution in [0.5, 0.6) is 0 Å². The van der Waals surface area contributed by atoms with Crippen molar-refractivity contribution in [1.82, 2.24) is 14.8 Å². The van der Waals surface area contributed by atoms with Crippen LogP contribution in [0.1, 0.15) is 38.6 Å². The number of hydrogen-bond acceptors (Lipinski definition) is 4. The molecule has 1 unspecified atom stereocenters. The van der Waals surface area contributed by atoms with Gasteiger partial charge in [0.1, 0.15) is 11.7 Å². The number of aliphatic carboxylic acids is 1. The molecule has 0 saturated heterocycles. The zero-order chi connectivity index (χ0) is 16.4. The predicted octanol–water partition coefficient (Wildman–Crippen LogP) is 3.68. The monoisotopic (exact) mass is 313 g/mol. The first-order chi connectivity index (χ1) is 11.1. The van der Waals surface area contributed by atoms with Crippen LogP contribution < -0.4 is 0 Å². The van der Waals surface area contributed by atoms with Crippen molar-refractivity contribution in [1.29, 1.82) is 0 Å². The molecule has 0 spiro atoms. The van der Waals surface area contributed by atoms with E-state index in [4.69, 9.17) is 4.42 Å². The Morgan fingerprint density at radius 1 is 1.35 bits per heavy atom. The first-order valence-corrected chi connectivity index (χ1v) is 7.77. The number of unbranched alkanes of at least 4 members (excludes halogenated alkanes) is 1. The minimum Gasteiger partial charge on any atom is -0.480 e. The van der Waals surface area contributed by atoms with Crippen LogP contribution in [0.2, 0.25) is 0 Å².